The van der Waals surface area contributed by atoms with E-state index < -0.39 is 17.2 Å². The van der Waals surface area contributed by atoms with Crippen LogP contribution >= 0.6 is 0 Å². The Morgan fingerprint density at radius 1 is 1.37 bits per heavy atom. The molecule has 0 aromatic rings. The van der Waals surface area contributed by atoms with Gasteiger partial charge in [-0.25, -0.2) is 4.79 Å². The molecule has 1 aliphatic rings. The van der Waals surface area contributed by atoms with E-state index in [0.717, 1.165) is 25.7 Å². The zero-order valence-electron chi connectivity index (χ0n) is 12.6. The van der Waals surface area contributed by atoms with Crippen molar-refractivity contribution < 1.29 is 19.1 Å². The average Bonchev–Trinajstić information content (AvgIpc) is 2.36. The van der Waals surface area contributed by atoms with E-state index in [1.807, 2.05) is 0 Å². The second-order valence-corrected chi connectivity index (χ2v) is 6.30. The van der Waals surface area contributed by atoms with E-state index >= 15 is 0 Å². The lowest BCUT2D eigenvalue weighted by molar-refractivity contribution is -0.124. The molecule has 0 spiro atoms. The van der Waals surface area contributed by atoms with Crippen molar-refractivity contribution in [2.45, 2.75) is 51.7 Å². The van der Waals surface area contributed by atoms with E-state index in [1.54, 1.807) is 34.7 Å². The van der Waals surface area contributed by atoms with Gasteiger partial charge in [-0.2, -0.15) is 0 Å². The van der Waals surface area contributed by atoms with Crippen LogP contribution in [0.15, 0.2) is 0 Å². The molecule has 1 heterocycles. The summed E-state index contributed by atoms with van der Waals surface area (Å²) in [5.41, 5.74) is -1.46. The first kappa shape index (κ1) is 16.0. The topological polar surface area (TPSA) is 55.8 Å². The van der Waals surface area contributed by atoms with Crippen LogP contribution in [-0.4, -0.2) is 48.7 Å². The third-order valence-corrected chi connectivity index (χ3v) is 3.62. The summed E-state index contributed by atoms with van der Waals surface area (Å²) in [6, 6.07) is 0. The second-order valence-electron chi connectivity index (χ2n) is 6.30. The van der Waals surface area contributed by atoms with Gasteiger partial charge in [0.25, 0.3) is 0 Å². The molecule has 0 aliphatic carbocycles. The lowest BCUT2D eigenvalue weighted by Crippen LogP contribution is -2.56. The lowest BCUT2D eigenvalue weighted by Gasteiger charge is -2.42. The number of carbonyl (C=O) groups is 2. The number of nitrogens with zero attached hydrogens (tertiary/aromatic N) is 1. The Hall–Kier alpha value is -1.10. The number of aldehydes is 1. The number of hydrogen-bond donors (Lipinski definition) is 0. The van der Waals surface area contributed by atoms with Crippen molar-refractivity contribution in [3.8, 4) is 0 Å². The van der Waals surface area contributed by atoms with E-state index in [1.165, 1.54) is 4.90 Å². The maximum atomic E-state index is 12.1. The normalized spacial score (nSPS) is 23.3. The zero-order chi connectivity index (χ0) is 14.7. The number of likely N-dealkylation sites (N-methyl/N-ethyl adjacent to an activating group) is 1. The highest BCUT2D eigenvalue weighted by atomic mass is 16.6. The molecule has 1 saturated heterocycles. The third kappa shape index (κ3) is 3.93. The maximum absolute atomic E-state index is 12.1. The Kier molecular flexibility index (Phi) is 4.96. The average molecular weight is 271 g/mol. The summed E-state index contributed by atoms with van der Waals surface area (Å²) in [6.45, 7) is 8.41. The number of amides is 1. The van der Waals surface area contributed by atoms with Crippen LogP contribution in [0.4, 0.5) is 4.79 Å². The van der Waals surface area contributed by atoms with Crippen molar-refractivity contribution in [2.75, 3.05) is 20.3 Å². The SMILES string of the molecule is CN(C(=O)OC(C)(C)C)C(C)(C=O)C1CCCOC1. The first-order chi connectivity index (χ1) is 8.70. The van der Waals surface area contributed by atoms with Crippen LogP contribution in [0.1, 0.15) is 40.5 Å². The Balaban J connectivity index is 2.81. The van der Waals surface area contributed by atoms with Crippen molar-refractivity contribution in [3.63, 3.8) is 0 Å². The molecule has 110 valence electrons. The van der Waals surface area contributed by atoms with E-state index in [0.29, 0.717) is 6.61 Å². The molecular weight excluding hydrogens is 246 g/mol. The summed E-state index contributed by atoms with van der Waals surface area (Å²) >= 11 is 0. The lowest BCUT2D eigenvalue weighted by atomic mass is 9.82. The van der Waals surface area contributed by atoms with Gasteiger partial charge in [-0.3, -0.25) is 4.90 Å². The fraction of sp³-hybridized carbons (Fsp3) is 0.857. The maximum Gasteiger partial charge on any atom is 0.410 e. The van der Waals surface area contributed by atoms with Crippen LogP contribution in [0.3, 0.4) is 0 Å². The van der Waals surface area contributed by atoms with Crippen molar-refractivity contribution in [1.82, 2.24) is 4.90 Å². The van der Waals surface area contributed by atoms with Crippen molar-refractivity contribution in [2.24, 2.45) is 5.92 Å². The van der Waals surface area contributed by atoms with Gasteiger partial charge in [-0.05, 0) is 40.5 Å². The molecule has 2 unspecified atom stereocenters. The second kappa shape index (κ2) is 5.90. The molecule has 19 heavy (non-hydrogen) atoms. The largest absolute Gasteiger partial charge is 0.444 e. The van der Waals surface area contributed by atoms with Gasteiger partial charge in [0.15, 0.2) is 0 Å². The first-order valence-corrected chi connectivity index (χ1v) is 6.71. The smallest absolute Gasteiger partial charge is 0.410 e. The molecule has 2 atom stereocenters. The summed E-state index contributed by atoms with van der Waals surface area (Å²) < 4.78 is 10.7. The van der Waals surface area contributed by atoms with Crippen LogP contribution < -0.4 is 0 Å². The number of rotatable bonds is 3. The van der Waals surface area contributed by atoms with Crippen LogP contribution in [0.5, 0.6) is 0 Å². The van der Waals surface area contributed by atoms with Gasteiger partial charge in [0.2, 0.25) is 0 Å². The molecule has 0 radical (unpaired) electrons. The van der Waals surface area contributed by atoms with Crippen molar-refractivity contribution in [3.05, 3.63) is 0 Å². The highest BCUT2D eigenvalue weighted by molar-refractivity contribution is 5.76. The van der Waals surface area contributed by atoms with Gasteiger partial charge in [-0.15, -0.1) is 0 Å². The van der Waals surface area contributed by atoms with Crippen LogP contribution in [0.25, 0.3) is 0 Å². The van der Waals surface area contributed by atoms with Gasteiger partial charge in [0.05, 0.1) is 6.61 Å². The van der Waals surface area contributed by atoms with Gasteiger partial charge in [0.1, 0.15) is 17.4 Å². The van der Waals surface area contributed by atoms with Crippen molar-refractivity contribution in [1.29, 1.82) is 0 Å². The van der Waals surface area contributed by atoms with Crippen molar-refractivity contribution >= 4 is 12.4 Å². The zero-order valence-corrected chi connectivity index (χ0v) is 12.6. The standard InChI is InChI=1S/C14H25NO4/c1-13(2,3)19-12(17)15(5)14(4,10-16)11-7-6-8-18-9-11/h10-11H,6-9H2,1-5H3. The molecule has 0 N–H and O–H groups in total. The van der Waals surface area contributed by atoms with Gasteiger partial charge in [0, 0.05) is 19.6 Å². The minimum Gasteiger partial charge on any atom is -0.444 e. The molecule has 1 fully saturated rings. The van der Waals surface area contributed by atoms with Gasteiger partial charge in [-0.1, -0.05) is 0 Å². The van der Waals surface area contributed by atoms with E-state index in [-0.39, 0.29) is 5.92 Å². The minimum atomic E-state index is -0.886. The Morgan fingerprint density at radius 2 is 2.00 bits per heavy atom. The highest BCUT2D eigenvalue weighted by Gasteiger charge is 2.42. The summed E-state index contributed by atoms with van der Waals surface area (Å²) in [4.78, 5) is 25.0. The van der Waals surface area contributed by atoms with Gasteiger partial charge >= 0.3 is 6.09 Å². The molecule has 0 bridgehead atoms. The van der Waals surface area contributed by atoms with E-state index in [9.17, 15) is 9.59 Å². The Bertz CT molecular complexity index is 331. The van der Waals surface area contributed by atoms with Gasteiger partial charge < -0.3 is 14.3 Å². The first-order valence-electron chi connectivity index (χ1n) is 6.71. The fourth-order valence-corrected chi connectivity index (χ4v) is 2.18. The molecule has 1 rings (SSSR count). The molecular formula is C14H25NO4. The minimum absolute atomic E-state index is 0.0104. The molecule has 0 aromatic carbocycles. The third-order valence-electron chi connectivity index (χ3n) is 3.62. The number of ether oxygens (including phenoxy) is 2. The molecule has 5 heteroatoms. The number of hydrogen-bond acceptors (Lipinski definition) is 4. The molecule has 1 aliphatic heterocycles. The monoisotopic (exact) mass is 271 g/mol. The quantitative estimate of drug-likeness (QED) is 0.739. The van der Waals surface area contributed by atoms with Crippen LogP contribution in [0, 0.1) is 5.92 Å². The predicted molar refractivity (Wildman–Crippen MR) is 72.0 cm³/mol. The summed E-state index contributed by atoms with van der Waals surface area (Å²) in [5, 5.41) is 0. The summed E-state index contributed by atoms with van der Waals surface area (Å²) in [6.07, 6.45) is 2.14. The highest BCUT2D eigenvalue weighted by Crippen LogP contribution is 2.30. The van der Waals surface area contributed by atoms with E-state index in [4.69, 9.17) is 9.47 Å². The molecule has 0 saturated carbocycles. The van der Waals surface area contributed by atoms with E-state index in [2.05, 4.69) is 0 Å². The Labute approximate surface area is 115 Å². The predicted octanol–water partition coefficient (Wildman–Crippen LogP) is 2.24. The Morgan fingerprint density at radius 3 is 2.42 bits per heavy atom. The summed E-state index contributed by atoms with van der Waals surface area (Å²) in [5.74, 6) is 0.0104. The molecule has 0 aromatic heterocycles. The fourth-order valence-electron chi connectivity index (χ4n) is 2.18. The number of carbonyl (C=O) groups excluding carboxylic acids is 2. The van der Waals surface area contributed by atoms with Crippen LogP contribution in [-0.2, 0) is 14.3 Å². The molecule has 5 nitrogen and oxygen atoms in total. The summed E-state index contributed by atoms with van der Waals surface area (Å²) in [7, 11) is 1.61. The molecule has 1 amide bonds. The van der Waals surface area contributed by atoms with Crippen LogP contribution in [0.2, 0.25) is 0 Å².